The lowest BCUT2D eigenvalue weighted by Crippen LogP contribution is -2.39. The largest absolute Gasteiger partial charge is 0.309 e. The molecule has 3 aromatic rings. The maximum atomic E-state index is 12.7. The van der Waals surface area contributed by atoms with Gasteiger partial charge >= 0.3 is 0 Å². The van der Waals surface area contributed by atoms with E-state index in [1.807, 2.05) is 55.7 Å². The Morgan fingerprint density at radius 2 is 2.20 bits per heavy atom. The fraction of sp³-hybridized carbons (Fsp3) is 0.316. The van der Waals surface area contributed by atoms with Gasteiger partial charge in [-0.05, 0) is 50.6 Å². The summed E-state index contributed by atoms with van der Waals surface area (Å²) in [5.74, 6) is 0.635. The Balaban J connectivity index is 1.49. The monoisotopic (exact) mass is 335 g/mol. The van der Waals surface area contributed by atoms with Crippen LogP contribution in [0.4, 0.5) is 5.82 Å². The van der Waals surface area contributed by atoms with Crippen LogP contribution in [0.3, 0.4) is 0 Å². The number of aryl methyl sites for hydroxylation is 1. The summed E-state index contributed by atoms with van der Waals surface area (Å²) in [6.45, 7) is 3.55. The van der Waals surface area contributed by atoms with E-state index in [4.69, 9.17) is 0 Å². The van der Waals surface area contributed by atoms with Gasteiger partial charge in [-0.2, -0.15) is 0 Å². The van der Waals surface area contributed by atoms with Gasteiger partial charge in [0.15, 0.2) is 0 Å². The molecular formula is C19H21N5O. The molecule has 0 aromatic carbocycles. The number of nitrogens with one attached hydrogen (secondary N) is 1. The highest BCUT2D eigenvalue weighted by molar-refractivity contribution is 5.94. The Hall–Kier alpha value is -2.73. The molecule has 1 saturated heterocycles. The summed E-state index contributed by atoms with van der Waals surface area (Å²) in [6.07, 6.45) is 5.80. The van der Waals surface area contributed by atoms with Crippen LogP contribution in [0.1, 0.15) is 24.2 Å². The number of amides is 1. The molecule has 1 aliphatic rings. The first-order chi connectivity index (χ1) is 12.2. The predicted molar refractivity (Wildman–Crippen MR) is 96.2 cm³/mol. The van der Waals surface area contributed by atoms with Crippen LogP contribution in [0.15, 0.2) is 48.8 Å². The Morgan fingerprint density at radius 3 is 3.08 bits per heavy atom. The molecule has 1 N–H and O–H groups in total. The molecule has 0 saturated carbocycles. The summed E-state index contributed by atoms with van der Waals surface area (Å²) in [7, 11) is 0. The van der Waals surface area contributed by atoms with E-state index in [2.05, 4.69) is 24.6 Å². The number of fused-ring (bicyclic) bond motifs is 1. The van der Waals surface area contributed by atoms with Crippen molar-refractivity contribution in [1.29, 1.82) is 0 Å². The summed E-state index contributed by atoms with van der Waals surface area (Å²) in [5, 5.41) is 2.96. The van der Waals surface area contributed by atoms with Gasteiger partial charge in [0.05, 0.1) is 17.9 Å². The Bertz CT molecular complexity index is 903. The van der Waals surface area contributed by atoms with E-state index in [1.165, 1.54) is 0 Å². The summed E-state index contributed by atoms with van der Waals surface area (Å²) >= 11 is 0. The zero-order valence-corrected chi connectivity index (χ0v) is 14.2. The minimum atomic E-state index is -0.128. The van der Waals surface area contributed by atoms with Crippen LogP contribution in [0.2, 0.25) is 0 Å². The maximum Gasteiger partial charge on any atom is 0.242 e. The Kier molecular flexibility index (Phi) is 4.19. The number of carbonyl (C=O) groups is 1. The van der Waals surface area contributed by atoms with Crippen molar-refractivity contribution in [2.45, 2.75) is 32.4 Å². The molecule has 1 aliphatic heterocycles. The normalized spacial score (nSPS) is 17.9. The molecule has 0 bridgehead atoms. The highest BCUT2D eigenvalue weighted by Crippen LogP contribution is 2.22. The van der Waals surface area contributed by atoms with Crippen LogP contribution in [0, 0.1) is 6.92 Å². The van der Waals surface area contributed by atoms with E-state index in [0.717, 1.165) is 36.4 Å². The van der Waals surface area contributed by atoms with E-state index < -0.39 is 0 Å². The molecule has 1 fully saturated rings. The second-order valence-electron chi connectivity index (χ2n) is 6.46. The maximum absolute atomic E-state index is 12.7. The van der Waals surface area contributed by atoms with E-state index in [0.29, 0.717) is 12.4 Å². The number of nitrogens with zero attached hydrogens (tertiary/aromatic N) is 4. The van der Waals surface area contributed by atoms with Crippen molar-refractivity contribution in [3.8, 4) is 0 Å². The first-order valence-electron chi connectivity index (χ1n) is 8.60. The zero-order valence-electron chi connectivity index (χ0n) is 14.2. The number of rotatable bonds is 4. The molecule has 6 nitrogen and oxygen atoms in total. The molecule has 0 spiro atoms. The number of imidazole rings is 1. The van der Waals surface area contributed by atoms with Gasteiger partial charge in [0.2, 0.25) is 5.91 Å². The van der Waals surface area contributed by atoms with Gasteiger partial charge in [0.1, 0.15) is 11.5 Å². The summed E-state index contributed by atoms with van der Waals surface area (Å²) in [5.41, 5.74) is 2.93. The van der Waals surface area contributed by atoms with Gasteiger partial charge in [-0.3, -0.25) is 9.69 Å². The molecule has 0 radical (unpaired) electrons. The highest BCUT2D eigenvalue weighted by atomic mass is 16.2. The van der Waals surface area contributed by atoms with Crippen LogP contribution in [0.25, 0.3) is 5.65 Å². The van der Waals surface area contributed by atoms with E-state index in [1.54, 1.807) is 0 Å². The number of likely N-dealkylation sites (tertiary alicyclic amines) is 1. The molecule has 4 rings (SSSR count). The van der Waals surface area contributed by atoms with E-state index in [9.17, 15) is 4.79 Å². The molecule has 0 aliphatic carbocycles. The van der Waals surface area contributed by atoms with Crippen LogP contribution in [0.5, 0.6) is 0 Å². The number of anilines is 1. The van der Waals surface area contributed by atoms with Crippen molar-refractivity contribution in [3.63, 3.8) is 0 Å². The number of carbonyl (C=O) groups excluding carboxylic acids is 1. The average molecular weight is 335 g/mol. The number of hydrogen-bond acceptors (Lipinski definition) is 4. The molecule has 25 heavy (non-hydrogen) atoms. The van der Waals surface area contributed by atoms with Crippen molar-refractivity contribution in [2.75, 3.05) is 11.9 Å². The third-order valence-electron chi connectivity index (χ3n) is 4.66. The quantitative estimate of drug-likeness (QED) is 0.796. The summed E-state index contributed by atoms with van der Waals surface area (Å²) in [6, 6.07) is 11.5. The Morgan fingerprint density at radius 1 is 1.28 bits per heavy atom. The number of aromatic nitrogens is 3. The standard InChI is InChI=1S/C19H21N5O/c1-14-6-4-8-17(21-14)22-19(25)16-7-5-10-23(16)13-15-12-20-18-9-2-3-11-24(15)18/h2-4,6,8-9,11-12,16H,5,7,10,13H2,1H3,(H,21,22,25)/t16-/m0/s1. The van der Waals surface area contributed by atoms with Crippen molar-refractivity contribution >= 4 is 17.4 Å². The van der Waals surface area contributed by atoms with Crippen LogP contribution in [-0.2, 0) is 11.3 Å². The minimum Gasteiger partial charge on any atom is -0.309 e. The van der Waals surface area contributed by atoms with Gasteiger partial charge in [-0.15, -0.1) is 0 Å². The lowest BCUT2D eigenvalue weighted by atomic mass is 10.2. The van der Waals surface area contributed by atoms with Crippen LogP contribution < -0.4 is 5.32 Å². The van der Waals surface area contributed by atoms with Crippen LogP contribution >= 0.6 is 0 Å². The van der Waals surface area contributed by atoms with Gasteiger partial charge in [-0.1, -0.05) is 12.1 Å². The van der Waals surface area contributed by atoms with Crippen molar-refractivity contribution < 1.29 is 4.79 Å². The first kappa shape index (κ1) is 15.8. The van der Waals surface area contributed by atoms with Crippen molar-refractivity contribution in [2.24, 2.45) is 0 Å². The fourth-order valence-electron chi connectivity index (χ4n) is 3.44. The van der Waals surface area contributed by atoms with Gasteiger partial charge in [0, 0.05) is 18.4 Å². The second kappa shape index (κ2) is 6.64. The average Bonchev–Trinajstić information content (AvgIpc) is 3.23. The fourth-order valence-corrected chi connectivity index (χ4v) is 3.44. The smallest absolute Gasteiger partial charge is 0.242 e. The van der Waals surface area contributed by atoms with E-state index >= 15 is 0 Å². The van der Waals surface area contributed by atoms with Gasteiger partial charge in [0.25, 0.3) is 0 Å². The van der Waals surface area contributed by atoms with Crippen molar-refractivity contribution in [3.05, 3.63) is 60.2 Å². The van der Waals surface area contributed by atoms with Gasteiger partial charge < -0.3 is 9.72 Å². The van der Waals surface area contributed by atoms with Crippen molar-refractivity contribution in [1.82, 2.24) is 19.3 Å². The van der Waals surface area contributed by atoms with E-state index in [-0.39, 0.29) is 11.9 Å². The molecule has 3 aromatic heterocycles. The summed E-state index contributed by atoms with van der Waals surface area (Å²) < 4.78 is 2.08. The molecule has 4 heterocycles. The molecule has 6 heteroatoms. The third-order valence-corrected chi connectivity index (χ3v) is 4.66. The van der Waals surface area contributed by atoms with Crippen LogP contribution in [-0.4, -0.2) is 37.8 Å². The molecule has 1 atom stereocenters. The number of hydrogen-bond donors (Lipinski definition) is 1. The molecule has 128 valence electrons. The lowest BCUT2D eigenvalue weighted by molar-refractivity contribution is -0.120. The number of pyridine rings is 2. The zero-order chi connectivity index (χ0) is 17.2. The minimum absolute atomic E-state index is 0.0180. The predicted octanol–water partition coefficient (Wildman–Crippen LogP) is 2.64. The molecular weight excluding hydrogens is 314 g/mol. The molecule has 1 amide bonds. The Labute approximate surface area is 146 Å². The third kappa shape index (κ3) is 3.25. The highest BCUT2D eigenvalue weighted by Gasteiger charge is 2.31. The lowest BCUT2D eigenvalue weighted by Gasteiger charge is -2.23. The van der Waals surface area contributed by atoms with Gasteiger partial charge in [-0.25, -0.2) is 9.97 Å². The first-order valence-corrected chi connectivity index (χ1v) is 8.60. The SMILES string of the molecule is Cc1cccc(NC(=O)[C@@H]2CCCN2Cc2cnc3ccccn23)n1. The topological polar surface area (TPSA) is 62.5 Å². The second-order valence-corrected chi connectivity index (χ2v) is 6.46. The molecule has 0 unspecified atom stereocenters. The summed E-state index contributed by atoms with van der Waals surface area (Å²) in [4.78, 5) is 23.7.